The zero-order valence-corrected chi connectivity index (χ0v) is 11.3. The standard InChI is InChI=1S/C10H14BrNO3S/c1-12(5-8(13)3-10(14)15)4-7-2-9(11)16-6-7/h2,6,8,13H,3-5H2,1H3,(H,14,15). The molecule has 2 N–H and O–H groups in total. The Morgan fingerprint density at radius 3 is 2.88 bits per heavy atom. The molecule has 1 atom stereocenters. The second-order valence-corrected chi connectivity index (χ2v) is 6.00. The summed E-state index contributed by atoms with van der Waals surface area (Å²) >= 11 is 4.99. The first-order chi connectivity index (χ1) is 7.47. The summed E-state index contributed by atoms with van der Waals surface area (Å²) in [6.07, 6.45) is -1.03. The number of aliphatic hydroxyl groups is 1. The molecule has 0 aliphatic carbocycles. The van der Waals surface area contributed by atoms with E-state index in [1.807, 2.05) is 23.4 Å². The minimum Gasteiger partial charge on any atom is -0.481 e. The van der Waals surface area contributed by atoms with E-state index in [1.54, 1.807) is 11.3 Å². The Labute approximate surface area is 107 Å². The SMILES string of the molecule is CN(Cc1csc(Br)c1)CC(O)CC(=O)O. The summed E-state index contributed by atoms with van der Waals surface area (Å²) in [5, 5.41) is 20.0. The third-order valence-corrected chi connectivity index (χ3v) is 3.56. The second-order valence-electron chi connectivity index (χ2n) is 3.71. The van der Waals surface area contributed by atoms with Crippen LogP contribution in [0.4, 0.5) is 0 Å². The topological polar surface area (TPSA) is 60.8 Å². The minimum absolute atomic E-state index is 0.211. The zero-order chi connectivity index (χ0) is 12.1. The van der Waals surface area contributed by atoms with Crippen molar-refractivity contribution in [2.45, 2.75) is 19.1 Å². The maximum absolute atomic E-state index is 10.4. The summed E-state index contributed by atoms with van der Waals surface area (Å²) in [5.41, 5.74) is 1.15. The Morgan fingerprint density at radius 1 is 1.69 bits per heavy atom. The first-order valence-electron chi connectivity index (χ1n) is 4.78. The first-order valence-corrected chi connectivity index (χ1v) is 6.46. The van der Waals surface area contributed by atoms with Crippen molar-refractivity contribution < 1.29 is 15.0 Å². The lowest BCUT2D eigenvalue weighted by atomic mass is 10.2. The maximum atomic E-state index is 10.4. The van der Waals surface area contributed by atoms with Crippen LogP contribution in [0.15, 0.2) is 15.2 Å². The average molecular weight is 308 g/mol. The van der Waals surface area contributed by atoms with Crippen LogP contribution < -0.4 is 0 Å². The molecule has 4 nitrogen and oxygen atoms in total. The van der Waals surface area contributed by atoms with Gasteiger partial charge >= 0.3 is 5.97 Å². The Kier molecular flexibility index (Phi) is 5.40. The molecule has 6 heteroatoms. The fourth-order valence-electron chi connectivity index (χ4n) is 1.43. The van der Waals surface area contributed by atoms with Crippen molar-refractivity contribution in [1.29, 1.82) is 0 Å². The number of aliphatic carboxylic acids is 1. The van der Waals surface area contributed by atoms with Gasteiger partial charge in [0.05, 0.1) is 16.3 Å². The van der Waals surface area contributed by atoms with E-state index in [9.17, 15) is 9.90 Å². The lowest BCUT2D eigenvalue weighted by molar-refractivity contribution is -0.139. The predicted octanol–water partition coefficient (Wildman–Crippen LogP) is 1.78. The average Bonchev–Trinajstić information content (AvgIpc) is 2.48. The summed E-state index contributed by atoms with van der Waals surface area (Å²) < 4.78 is 1.07. The van der Waals surface area contributed by atoms with Crippen molar-refractivity contribution in [3.05, 3.63) is 20.8 Å². The van der Waals surface area contributed by atoms with Crippen LogP contribution in [-0.4, -0.2) is 40.8 Å². The minimum atomic E-state index is -0.973. The van der Waals surface area contributed by atoms with E-state index >= 15 is 0 Å². The molecule has 1 heterocycles. The van der Waals surface area contributed by atoms with Crippen LogP contribution in [0.2, 0.25) is 0 Å². The van der Waals surface area contributed by atoms with Gasteiger partial charge in [0.1, 0.15) is 0 Å². The fraction of sp³-hybridized carbons (Fsp3) is 0.500. The molecule has 90 valence electrons. The molecule has 1 unspecified atom stereocenters. The monoisotopic (exact) mass is 307 g/mol. The summed E-state index contributed by atoms with van der Waals surface area (Å²) in [6.45, 7) is 1.07. The van der Waals surface area contributed by atoms with Crippen LogP contribution in [-0.2, 0) is 11.3 Å². The van der Waals surface area contributed by atoms with Crippen molar-refractivity contribution >= 4 is 33.2 Å². The molecular weight excluding hydrogens is 294 g/mol. The first kappa shape index (κ1) is 13.6. The number of aliphatic hydroxyl groups excluding tert-OH is 1. The molecule has 0 saturated heterocycles. The van der Waals surface area contributed by atoms with Gasteiger partial charge < -0.3 is 10.2 Å². The molecule has 1 aromatic rings. The Hall–Kier alpha value is -0.430. The number of rotatable bonds is 6. The smallest absolute Gasteiger partial charge is 0.306 e. The Balaban J connectivity index is 2.35. The van der Waals surface area contributed by atoms with Crippen LogP contribution in [0.25, 0.3) is 0 Å². The van der Waals surface area contributed by atoms with Crippen LogP contribution in [0.3, 0.4) is 0 Å². The van der Waals surface area contributed by atoms with Gasteiger partial charge in [0, 0.05) is 13.1 Å². The van der Waals surface area contributed by atoms with E-state index < -0.39 is 12.1 Å². The molecule has 0 aliphatic heterocycles. The number of carboxylic acids is 1. The molecule has 0 spiro atoms. The number of nitrogens with zero attached hydrogens (tertiary/aromatic N) is 1. The lowest BCUT2D eigenvalue weighted by Crippen LogP contribution is -2.30. The number of carbonyl (C=O) groups is 1. The number of thiophene rings is 1. The highest BCUT2D eigenvalue weighted by atomic mass is 79.9. The van der Waals surface area contributed by atoms with Gasteiger partial charge in [-0.1, -0.05) is 0 Å². The highest BCUT2D eigenvalue weighted by Crippen LogP contribution is 2.21. The number of hydrogen-bond acceptors (Lipinski definition) is 4. The molecule has 0 fully saturated rings. The molecule has 0 amide bonds. The van der Waals surface area contributed by atoms with Crippen molar-refractivity contribution in [3.63, 3.8) is 0 Å². The summed E-state index contributed by atoms with van der Waals surface area (Å²) in [7, 11) is 1.86. The van der Waals surface area contributed by atoms with Crippen LogP contribution in [0.1, 0.15) is 12.0 Å². The summed E-state index contributed by atoms with van der Waals surface area (Å²) in [5.74, 6) is -0.973. The molecular formula is C10H14BrNO3S. The molecule has 0 saturated carbocycles. The number of likely N-dealkylation sites (N-methyl/N-ethyl adjacent to an activating group) is 1. The molecule has 1 rings (SSSR count). The van der Waals surface area contributed by atoms with Gasteiger partial charge in [-0.15, -0.1) is 11.3 Å². The highest BCUT2D eigenvalue weighted by Gasteiger charge is 2.12. The van der Waals surface area contributed by atoms with Gasteiger partial charge in [0.15, 0.2) is 0 Å². The zero-order valence-electron chi connectivity index (χ0n) is 8.89. The van der Waals surface area contributed by atoms with E-state index in [-0.39, 0.29) is 6.42 Å². The van der Waals surface area contributed by atoms with E-state index in [0.29, 0.717) is 13.1 Å². The van der Waals surface area contributed by atoms with Gasteiger partial charge in [-0.2, -0.15) is 0 Å². The van der Waals surface area contributed by atoms with Crippen molar-refractivity contribution in [1.82, 2.24) is 4.90 Å². The maximum Gasteiger partial charge on any atom is 0.306 e. The number of halogens is 1. The lowest BCUT2D eigenvalue weighted by Gasteiger charge is -2.18. The van der Waals surface area contributed by atoms with Gasteiger partial charge in [0.2, 0.25) is 0 Å². The van der Waals surface area contributed by atoms with E-state index in [0.717, 1.165) is 9.35 Å². The van der Waals surface area contributed by atoms with Gasteiger partial charge in [-0.25, -0.2) is 0 Å². The predicted molar refractivity (Wildman–Crippen MR) is 66.6 cm³/mol. The largest absolute Gasteiger partial charge is 0.481 e. The van der Waals surface area contributed by atoms with Crippen LogP contribution in [0, 0.1) is 0 Å². The molecule has 0 bridgehead atoms. The molecule has 0 radical (unpaired) electrons. The fourth-order valence-corrected chi connectivity index (χ4v) is 2.63. The molecule has 0 aliphatic rings. The molecule has 0 aromatic carbocycles. The van der Waals surface area contributed by atoms with Gasteiger partial charge in [0.25, 0.3) is 0 Å². The van der Waals surface area contributed by atoms with E-state index in [1.165, 1.54) is 0 Å². The number of carboxylic acid groups (broad SMARTS) is 1. The molecule has 1 aromatic heterocycles. The van der Waals surface area contributed by atoms with Crippen molar-refractivity contribution in [2.24, 2.45) is 0 Å². The van der Waals surface area contributed by atoms with Crippen molar-refractivity contribution in [3.8, 4) is 0 Å². The number of hydrogen-bond donors (Lipinski definition) is 2. The third-order valence-electron chi connectivity index (χ3n) is 2.01. The Bertz CT molecular complexity index is 356. The summed E-state index contributed by atoms with van der Waals surface area (Å²) in [4.78, 5) is 12.3. The van der Waals surface area contributed by atoms with Gasteiger partial charge in [-0.05, 0) is 40.0 Å². The molecule has 16 heavy (non-hydrogen) atoms. The highest BCUT2D eigenvalue weighted by molar-refractivity contribution is 9.11. The third kappa shape index (κ3) is 5.07. The van der Waals surface area contributed by atoms with E-state index in [2.05, 4.69) is 15.9 Å². The normalized spacial score (nSPS) is 13.0. The Morgan fingerprint density at radius 2 is 2.38 bits per heavy atom. The summed E-state index contributed by atoms with van der Waals surface area (Å²) in [6, 6.07) is 2.02. The van der Waals surface area contributed by atoms with Crippen LogP contribution in [0.5, 0.6) is 0 Å². The second kappa shape index (κ2) is 6.34. The van der Waals surface area contributed by atoms with Gasteiger partial charge in [-0.3, -0.25) is 9.69 Å². The van der Waals surface area contributed by atoms with Crippen LogP contribution >= 0.6 is 27.3 Å². The van der Waals surface area contributed by atoms with Crippen molar-refractivity contribution in [2.75, 3.05) is 13.6 Å². The quantitative estimate of drug-likeness (QED) is 0.841. The van der Waals surface area contributed by atoms with E-state index in [4.69, 9.17) is 5.11 Å².